The lowest BCUT2D eigenvalue weighted by Gasteiger charge is -2.08. The van der Waals surface area contributed by atoms with E-state index in [2.05, 4.69) is 0 Å². The molecule has 0 saturated carbocycles. The molecule has 2 rings (SSSR count). The average Bonchev–Trinajstić information content (AvgIpc) is 2.36. The van der Waals surface area contributed by atoms with Gasteiger partial charge in [0.1, 0.15) is 5.75 Å². The van der Waals surface area contributed by atoms with E-state index in [1.807, 2.05) is 6.07 Å². The van der Waals surface area contributed by atoms with Crippen LogP contribution in [0.5, 0.6) is 5.75 Å². The van der Waals surface area contributed by atoms with Gasteiger partial charge >= 0.3 is 0 Å². The maximum Gasteiger partial charge on any atom is 0.219 e. The van der Waals surface area contributed by atoms with Gasteiger partial charge in [0.05, 0.1) is 7.11 Å². The summed E-state index contributed by atoms with van der Waals surface area (Å²) in [5, 5.41) is 19.3. The summed E-state index contributed by atoms with van der Waals surface area (Å²) in [5.74, 6) is -0.0209. The van der Waals surface area contributed by atoms with E-state index >= 15 is 0 Å². The first-order valence-corrected chi connectivity index (χ1v) is 5.10. The molecule has 0 unspecified atom stereocenters. The van der Waals surface area contributed by atoms with Crippen LogP contribution in [0.3, 0.4) is 0 Å². The average molecular weight is 232 g/mol. The first-order chi connectivity index (χ1) is 8.13. The van der Waals surface area contributed by atoms with Gasteiger partial charge in [-0.1, -0.05) is 18.2 Å². The van der Waals surface area contributed by atoms with Crippen molar-refractivity contribution in [3.63, 3.8) is 0 Å². The van der Waals surface area contributed by atoms with E-state index in [0.29, 0.717) is 16.7 Å². The molecule has 0 heterocycles. The molecular formula is C13H12O4. The molecule has 0 atom stereocenters. The van der Waals surface area contributed by atoms with Gasteiger partial charge in [0, 0.05) is 5.56 Å². The molecule has 0 radical (unpaired) electrons. The highest BCUT2D eigenvalue weighted by atomic mass is 16.5. The minimum atomic E-state index is -1.98. The van der Waals surface area contributed by atoms with Gasteiger partial charge < -0.3 is 14.9 Å². The maximum atomic E-state index is 11.6. The summed E-state index contributed by atoms with van der Waals surface area (Å²) in [6, 6.07) is 10.3. The Bertz CT molecular complexity index is 560. The van der Waals surface area contributed by atoms with Crippen LogP contribution in [0, 0.1) is 0 Å². The number of rotatable bonds is 3. The molecule has 0 aliphatic rings. The number of aliphatic hydroxyl groups excluding tert-OH is 1. The van der Waals surface area contributed by atoms with Gasteiger partial charge in [0.15, 0.2) is 0 Å². The molecule has 2 N–H and O–H groups in total. The number of aliphatic hydroxyl groups is 2. The first kappa shape index (κ1) is 11.6. The fraction of sp³-hybridized carbons (Fsp3) is 0.154. The van der Waals surface area contributed by atoms with Crippen molar-refractivity contribution in [3.05, 3.63) is 42.0 Å². The summed E-state index contributed by atoms with van der Waals surface area (Å²) in [5.41, 5.74) is 0.292. The molecule has 2 aromatic rings. The second-order valence-corrected chi connectivity index (χ2v) is 3.63. The van der Waals surface area contributed by atoms with Crippen LogP contribution < -0.4 is 4.74 Å². The van der Waals surface area contributed by atoms with Crippen LogP contribution in [0.1, 0.15) is 10.4 Å². The second kappa shape index (κ2) is 4.53. The van der Waals surface area contributed by atoms with Crippen molar-refractivity contribution in [2.75, 3.05) is 7.11 Å². The fourth-order valence-electron chi connectivity index (χ4n) is 1.74. The number of carbonyl (C=O) groups is 1. The van der Waals surface area contributed by atoms with Crippen LogP contribution in [-0.4, -0.2) is 29.4 Å². The summed E-state index contributed by atoms with van der Waals surface area (Å²) >= 11 is 0. The minimum absolute atomic E-state index is 0.292. The number of benzene rings is 2. The fourth-order valence-corrected chi connectivity index (χ4v) is 1.74. The van der Waals surface area contributed by atoms with Crippen LogP contribution in [0.4, 0.5) is 0 Å². The van der Waals surface area contributed by atoms with E-state index in [-0.39, 0.29) is 0 Å². The molecule has 0 amide bonds. The maximum absolute atomic E-state index is 11.6. The molecule has 17 heavy (non-hydrogen) atoms. The van der Waals surface area contributed by atoms with E-state index in [1.165, 1.54) is 0 Å². The lowest BCUT2D eigenvalue weighted by molar-refractivity contribution is -0.0193. The third kappa shape index (κ3) is 2.13. The summed E-state index contributed by atoms with van der Waals surface area (Å²) in [7, 11) is 1.56. The monoisotopic (exact) mass is 232 g/mol. The standard InChI is InChI=1S/C13H12O4/c1-17-9-5-6-10-8(7-9)3-2-4-11(10)12(14)13(15)16/h2-7,13,15-16H,1H3. The molecule has 0 saturated heterocycles. The van der Waals surface area contributed by atoms with Crippen molar-refractivity contribution in [2.45, 2.75) is 6.29 Å². The SMILES string of the molecule is COc1ccc2c(C(=O)C(O)O)cccc2c1. The largest absolute Gasteiger partial charge is 0.497 e. The van der Waals surface area contributed by atoms with Crippen molar-refractivity contribution in [2.24, 2.45) is 0 Å². The lowest BCUT2D eigenvalue weighted by Crippen LogP contribution is -2.19. The molecule has 4 nitrogen and oxygen atoms in total. The molecule has 4 heteroatoms. The number of hydrogen-bond acceptors (Lipinski definition) is 4. The highest BCUT2D eigenvalue weighted by Crippen LogP contribution is 2.24. The quantitative estimate of drug-likeness (QED) is 0.619. The number of carbonyl (C=O) groups excluding carboxylic acids is 1. The van der Waals surface area contributed by atoms with Gasteiger partial charge in [0.2, 0.25) is 12.1 Å². The van der Waals surface area contributed by atoms with E-state index in [1.54, 1.807) is 37.4 Å². The van der Waals surface area contributed by atoms with Crippen molar-refractivity contribution in [1.82, 2.24) is 0 Å². The number of fused-ring (bicyclic) bond motifs is 1. The second-order valence-electron chi connectivity index (χ2n) is 3.63. The number of ether oxygens (including phenoxy) is 1. The van der Waals surface area contributed by atoms with E-state index in [9.17, 15) is 4.79 Å². The Morgan fingerprint density at radius 2 is 2.00 bits per heavy atom. The number of Topliss-reactive ketones (excluding diaryl/α,β-unsaturated/α-hetero) is 1. The highest BCUT2D eigenvalue weighted by Gasteiger charge is 2.16. The number of hydrogen-bond donors (Lipinski definition) is 2. The van der Waals surface area contributed by atoms with E-state index in [0.717, 1.165) is 5.39 Å². The summed E-state index contributed by atoms with van der Waals surface area (Å²) in [6.45, 7) is 0. The van der Waals surface area contributed by atoms with Gasteiger partial charge in [-0.15, -0.1) is 0 Å². The minimum Gasteiger partial charge on any atom is -0.497 e. The van der Waals surface area contributed by atoms with Crippen LogP contribution in [0.2, 0.25) is 0 Å². The summed E-state index contributed by atoms with van der Waals surface area (Å²) in [4.78, 5) is 11.6. The van der Waals surface area contributed by atoms with Crippen LogP contribution >= 0.6 is 0 Å². The van der Waals surface area contributed by atoms with Gasteiger partial charge in [-0.3, -0.25) is 4.79 Å². The summed E-state index contributed by atoms with van der Waals surface area (Å²) < 4.78 is 5.09. The van der Waals surface area contributed by atoms with Gasteiger partial charge in [0.25, 0.3) is 0 Å². The zero-order chi connectivity index (χ0) is 12.4. The zero-order valence-electron chi connectivity index (χ0n) is 9.25. The Labute approximate surface area is 98.1 Å². The topological polar surface area (TPSA) is 66.8 Å². The Morgan fingerprint density at radius 1 is 1.24 bits per heavy atom. The zero-order valence-corrected chi connectivity index (χ0v) is 9.25. The number of ketones is 1. The third-order valence-electron chi connectivity index (χ3n) is 2.59. The van der Waals surface area contributed by atoms with Crippen LogP contribution in [0.15, 0.2) is 36.4 Å². The van der Waals surface area contributed by atoms with Gasteiger partial charge in [-0.2, -0.15) is 0 Å². The normalized spacial score (nSPS) is 10.8. The Kier molecular flexibility index (Phi) is 3.08. The molecule has 0 bridgehead atoms. The number of methoxy groups -OCH3 is 1. The van der Waals surface area contributed by atoms with Crippen molar-refractivity contribution < 1.29 is 19.7 Å². The van der Waals surface area contributed by atoms with Crippen molar-refractivity contribution >= 4 is 16.6 Å². The molecule has 88 valence electrons. The predicted octanol–water partition coefficient (Wildman–Crippen LogP) is 1.34. The summed E-state index contributed by atoms with van der Waals surface area (Å²) in [6.07, 6.45) is -1.98. The lowest BCUT2D eigenvalue weighted by atomic mass is 10.0. The Morgan fingerprint density at radius 3 is 2.65 bits per heavy atom. The van der Waals surface area contributed by atoms with Crippen LogP contribution in [-0.2, 0) is 0 Å². The third-order valence-corrected chi connectivity index (χ3v) is 2.59. The van der Waals surface area contributed by atoms with Gasteiger partial charge in [-0.25, -0.2) is 0 Å². The van der Waals surface area contributed by atoms with Crippen molar-refractivity contribution in [1.29, 1.82) is 0 Å². The molecular weight excluding hydrogens is 220 g/mol. The Hall–Kier alpha value is -1.91. The Balaban J connectivity index is 2.62. The molecule has 0 aromatic heterocycles. The smallest absolute Gasteiger partial charge is 0.219 e. The van der Waals surface area contributed by atoms with Crippen molar-refractivity contribution in [3.8, 4) is 5.75 Å². The predicted molar refractivity (Wildman–Crippen MR) is 63.1 cm³/mol. The first-order valence-electron chi connectivity index (χ1n) is 5.10. The highest BCUT2D eigenvalue weighted by molar-refractivity contribution is 6.09. The van der Waals surface area contributed by atoms with Crippen LogP contribution in [0.25, 0.3) is 10.8 Å². The van der Waals surface area contributed by atoms with Gasteiger partial charge in [-0.05, 0) is 29.0 Å². The molecule has 2 aromatic carbocycles. The molecule has 0 aliphatic heterocycles. The molecule has 0 aliphatic carbocycles. The molecule has 0 spiro atoms. The van der Waals surface area contributed by atoms with E-state index < -0.39 is 12.1 Å². The van der Waals surface area contributed by atoms with E-state index in [4.69, 9.17) is 14.9 Å². The molecule has 0 fully saturated rings.